The van der Waals surface area contributed by atoms with E-state index >= 15 is 0 Å². The zero-order valence-corrected chi connectivity index (χ0v) is 15.3. The summed E-state index contributed by atoms with van der Waals surface area (Å²) in [7, 11) is 1.55. The molecule has 5 nitrogen and oxygen atoms in total. The number of nitrogens with zero attached hydrogens (tertiary/aromatic N) is 3. The fraction of sp³-hybridized carbons (Fsp3) is 0.211. The summed E-state index contributed by atoms with van der Waals surface area (Å²) in [5.74, 6) is 0.153. The average Bonchev–Trinajstić information content (AvgIpc) is 3.13. The molecule has 0 radical (unpaired) electrons. The first-order valence-electron chi connectivity index (χ1n) is 8.43. The molecule has 0 atom stereocenters. The molecule has 0 amide bonds. The van der Waals surface area contributed by atoms with Crippen LogP contribution in [0.4, 0.5) is 26.3 Å². The Morgan fingerprint density at radius 3 is 2.43 bits per heavy atom. The van der Waals surface area contributed by atoms with Crippen LogP contribution < -0.4 is 4.74 Å². The molecule has 1 heterocycles. The van der Waals surface area contributed by atoms with Crippen LogP contribution in [0.25, 0.3) is 11.3 Å². The summed E-state index contributed by atoms with van der Waals surface area (Å²) in [4.78, 5) is 3.85. The Labute approximate surface area is 166 Å². The van der Waals surface area contributed by atoms with Crippen LogP contribution in [0.15, 0.2) is 47.5 Å². The number of alkyl halides is 6. The first-order chi connectivity index (χ1) is 14.1. The molecule has 0 saturated heterocycles. The molecule has 0 unspecified atom stereocenters. The first-order valence-corrected chi connectivity index (χ1v) is 8.43. The molecular weight excluding hydrogens is 414 g/mol. The van der Waals surface area contributed by atoms with Gasteiger partial charge in [-0.15, -0.1) is 0 Å². The molecule has 1 aromatic heterocycles. The van der Waals surface area contributed by atoms with Gasteiger partial charge in [0, 0.05) is 18.2 Å². The van der Waals surface area contributed by atoms with Gasteiger partial charge in [-0.3, -0.25) is 4.99 Å². The van der Waals surface area contributed by atoms with Gasteiger partial charge in [-0.1, -0.05) is 12.1 Å². The molecule has 0 bridgehead atoms. The van der Waals surface area contributed by atoms with Gasteiger partial charge >= 0.3 is 12.4 Å². The summed E-state index contributed by atoms with van der Waals surface area (Å²) >= 11 is 0. The number of hydrogen-bond acceptors (Lipinski definition) is 4. The highest BCUT2D eigenvalue weighted by molar-refractivity contribution is 5.86. The van der Waals surface area contributed by atoms with Crippen LogP contribution in [-0.2, 0) is 19.0 Å². The Balaban J connectivity index is 1.89. The average molecular weight is 428 g/mol. The summed E-state index contributed by atoms with van der Waals surface area (Å²) in [6.45, 7) is -0.704. The lowest BCUT2D eigenvalue weighted by Gasteiger charge is -2.16. The quantitative estimate of drug-likeness (QED) is 0.452. The number of halogens is 6. The molecule has 1 N–H and O–H groups in total. The summed E-state index contributed by atoms with van der Waals surface area (Å²) < 4.78 is 83.7. The monoisotopic (exact) mass is 428 g/mol. The number of nitrogens with one attached hydrogen (secondary N) is 1. The van der Waals surface area contributed by atoms with Crippen LogP contribution in [0, 0.1) is 0 Å². The van der Waals surface area contributed by atoms with E-state index in [0.717, 1.165) is 0 Å². The fourth-order valence-electron chi connectivity index (χ4n) is 2.72. The lowest BCUT2D eigenvalue weighted by molar-refractivity contribution is -0.142. The highest BCUT2D eigenvalue weighted by Gasteiger charge is 2.37. The predicted octanol–water partition coefficient (Wildman–Crippen LogP) is 5.14. The Kier molecular flexibility index (Phi) is 5.81. The van der Waals surface area contributed by atoms with Crippen molar-refractivity contribution >= 4 is 6.21 Å². The lowest BCUT2D eigenvalue weighted by atomic mass is 10.0. The lowest BCUT2D eigenvalue weighted by Crippen LogP contribution is -2.14. The third-order valence-corrected chi connectivity index (χ3v) is 4.07. The van der Waals surface area contributed by atoms with Gasteiger partial charge in [0.1, 0.15) is 23.7 Å². The number of aliphatic imine (C=N–C) groups is 1. The summed E-state index contributed by atoms with van der Waals surface area (Å²) in [5, 5.41) is 10.4. The van der Waals surface area contributed by atoms with Crippen LogP contribution in [0.5, 0.6) is 5.75 Å². The van der Waals surface area contributed by atoms with E-state index in [4.69, 9.17) is 4.74 Å². The van der Waals surface area contributed by atoms with Crippen molar-refractivity contribution in [2.45, 2.75) is 19.0 Å². The minimum Gasteiger partial charge on any atom is -0.489 e. The second-order valence-electron chi connectivity index (χ2n) is 6.13. The third-order valence-electron chi connectivity index (χ3n) is 4.07. The Morgan fingerprint density at radius 1 is 1.00 bits per heavy atom. The van der Waals surface area contributed by atoms with Gasteiger partial charge in [-0.25, -0.2) is 0 Å². The Hall–Kier alpha value is -3.37. The van der Waals surface area contributed by atoms with Gasteiger partial charge in [0.05, 0.1) is 17.3 Å². The van der Waals surface area contributed by atoms with Gasteiger partial charge in [0.25, 0.3) is 0 Å². The second kappa shape index (κ2) is 8.17. The molecule has 11 heteroatoms. The molecule has 0 saturated carbocycles. The molecule has 2 aromatic carbocycles. The molecule has 0 aliphatic carbocycles. The van der Waals surface area contributed by atoms with E-state index < -0.39 is 35.6 Å². The number of rotatable bonds is 5. The van der Waals surface area contributed by atoms with Crippen molar-refractivity contribution in [3.63, 3.8) is 0 Å². The Bertz CT molecular complexity index is 1060. The highest BCUT2D eigenvalue weighted by Crippen LogP contribution is 2.37. The first kappa shape index (κ1) is 21.3. The maximum atomic E-state index is 13.2. The summed E-state index contributed by atoms with van der Waals surface area (Å²) in [5.41, 5.74) is -1.59. The van der Waals surface area contributed by atoms with Crippen molar-refractivity contribution < 1.29 is 31.1 Å². The standard InChI is InChI=1S/C19H14F6N4O/c1-26-9-16-17(28-29-27-16)11-3-2-4-14(8-11)30-10-12-7-13(18(20,21)22)5-6-15(12)19(23,24)25/h2-9H,10H2,1H3,(H,27,28,29). The van der Waals surface area contributed by atoms with E-state index in [1.807, 2.05) is 0 Å². The number of benzene rings is 2. The van der Waals surface area contributed by atoms with Crippen molar-refractivity contribution in [1.29, 1.82) is 0 Å². The SMILES string of the molecule is CN=Cc1n[nH]nc1-c1cccc(OCc2cc(C(F)(F)F)ccc2C(F)(F)F)c1. The molecule has 158 valence electrons. The number of ether oxygens (including phenoxy) is 1. The van der Waals surface area contributed by atoms with Gasteiger partial charge in [0.2, 0.25) is 0 Å². The smallest absolute Gasteiger partial charge is 0.416 e. The normalized spacial score (nSPS) is 12.5. The van der Waals surface area contributed by atoms with Crippen molar-refractivity contribution in [3.8, 4) is 17.0 Å². The van der Waals surface area contributed by atoms with E-state index in [-0.39, 0.29) is 5.75 Å². The number of aromatic amines is 1. The molecule has 3 aromatic rings. The van der Waals surface area contributed by atoms with Crippen LogP contribution in [-0.4, -0.2) is 28.7 Å². The van der Waals surface area contributed by atoms with E-state index in [1.54, 1.807) is 19.2 Å². The van der Waals surface area contributed by atoms with E-state index in [1.165, 1.54) is 18.3 Å². The zero-order valence-electron chi connectivity index (χ0n) is 15.3. The van der Waals surface area contributed by atoms with Crippen LogP contribution in [0.1, 0.15) is 22.4 Å². The van der Waals surface area contributed by atoms with E-state index in [2.05, 4.69) is 20.4 Å². The van der Waals surface area contributed by atoms with Crippen molar-refractivity contribution in [3.05, 3.63) is 64.8 Å². The molecule has 3 rings (SSSR count). The highest BCUT2D eigenvalue weighted by atomic mass is 19.4. The van der Waals surface area contributed by atoms with Crippen LogP contribution in [0.3, 0.4) is 0 Å². The van der Waals surface area contributed by atoms with Gasteiger partial charge in [0.15, 0.2) is 0 Å². The minimum absolute atomic E-state index is 0.153. The van der Waals surface area contributed by atoms with E-state index in [0.29, 0.717) is 35.2 Å². The predicted molar refractivity (Wildman–Crippen MR) is 96.1 cm³/mol. The second-order valence-corrected chi connectivity index (χ2v) is 6.13. The van der Waals surface area contributed by atoms with Crippen LogP contribution >= 0.6 is 0 Å². The number of H-pyrrole nitrogens is 1. The van der Waals surface area contributed by atoms with Gasteiger partial charge in [-0.05, 0) is 30.3 Å². The van der Waals surface area contributed by atoms with Crippen molar-refractivity contribution in [2.24, 2.45) is 4.99 Å². The molecule has 0 fully saturated rings. The minimum atomic E-state index is -4.82. The van der Waals surface area contributed by atoms with Gasteiger partial charge < -0.3 is 4.74 Å². The van der Waals surface area contributed by atoms with Crippen LogP contribution in [0.2, 0.25) is 0 Å². The largest absolute Gasteiger partial charge is 0.489 e. The van der Waals surface area contributed by atoms with Gasteiger partial charge in [-0.2, -0.15) is 41.8 Å². The number of hydrogen-bond donors (Lipinski definition) is 1. The third kappa shape index (κ3) is 4.78. The maximum absolute atomic E-state index is 13.2. The van der Waals surface area contributed by atoms with Crippen molar-refractivity contribution in [1.82, 2.24) is 15.4 Å². The van der Waals surface area contributed by atoms with E-state index in [9.17, 15) is 26.3 Å². The molecule has 30 heavy (non-hydrogen) atoms. The molecular formula is C19H14F6N4O. The number of aromatic nitrogens is 3. The topological polar surface area (TPSA) is 63.2 Å². The van der Waals surface area contributed by atoms with Crippen molar-refractivity contribution in [2.75, 3.05) is 7.05 Å². The Morgan fingerprint density at radius 2 is 1.77 bits per heavy atom. The summed E-state index contributed by atoms with van der Waals surface area (Å²) in [6, 6.07) is 7.45. The maximum Gasteiger partial charge on any atom is 0.416 e. The molecule has 0 aliphatic heterocycles. The summed E-state index contributed by atoms with van der Waals surface area (Å²) in [6.07, 6.45) is -8.13. The molecule has 0 spiro atoms. The fourth-order valence-corrected chi connectivity index (χ4v) is 2.72. The zero-order chi connectivity index (χ0) is 21.9. The molecule has 0 aliphatic rings.